The molecule has 54 heavy (non-hydrogen) atoms. The number of pyridine rings is 1. The molecule has 1 amide bonds. The van der Waals surface area contributed by atoms with Gasteiger partial charge in [-0.3, -0.25) is 19.6 Å². The molecular formula is C37H40ClF5N8O3. The van der Waals surface area contributed by atoms with E-state index in [2.05, 4.69) is 24.7 Å². The molecule has 1 aromatic carbocycles. The van der Waals surface area contributed by atoms with Crippen LogP contribution in [0.15, 0.2) is 36.5 Å². The van der Waals surface area contributed by atoms with E-state index < -0.39 is 51.6 Å². The lowest BCUT2D eigenvalue weighted by Gasteiger charge is -2.39. The predicted octanol–water partition coefficient (Wildman–Crippen LogP) is 5.67. The lowest BCUT2D eigenvalue weighted by molar-refractivity contribution is -0.137. The van der Waals surface area contributed by atoms with Gasteiger partial charge in [0.15, 0.2) is 5.82 Å². The third kappa shape index (κ3) is 7.82. The van der Waals surface area contributed by atoms with Crippen molar-refractivity contribution in [2.24, 2.45) is 0 Å². The van der Waals surface area contributed by atoms with Crippen LogP contribution in [0.1, 0.15) is 31.2 Å². The molecule has 0 saturated carbocycles. The molecule has 7 rings (SSSR count). The zero-order valence-electron chi connectivity index (χ0n) is 29.5. The smallest absolute Gasteiger partial charge is 0.418 e. The van der Waals surface area contributed by atoms with Crippen LogP contribution in [0.4, 0.5) is 27.8 Å². The first-order valence-electron chi connectivity index (χ1n) is 18.1. The van der Waals surface area contributed by atoms with Crippen molar-refractivity contribution in [1.82, 2.24) is 29.7 Å². The number of fused-ring (bicyclic) bond motifs is 2. The largest absolute Gasteiger partial charge is 0.461 e. The monoisotopic (exact) mass is 774 g/mol. The molecule has 4 aliphatic rings. The number of rotatable bonds is 9. The van der Waals surface area contributed by atoms with Crippen LogP contribution in [0.3, 0.4) is 0 Å². The molecule has 17 heteroatoms. The minimum absolute atomic E-state index is 0.0135. The van der Waals surface area contributed by atoms with Crippen molar-refractivity contribution >= 4 is 34.2 Å². The third-order valence-electron chi connectivity index (χ3n) is 10.7. The number of amides is 1. The van der Waals surface area contributed by atoms with E-state index in [0.717, 1.165) is 38.1 Å². The molecule has 2 aromatic heterocycles. The quantitative estimate of drug-likeness (QED) is 0.155. The lowest BCUT2D eigenvalue weighted by Crippen LogP contribution is -2.56. The van der Waals surface area contributed by atoms with Gasteiger partial charge in [0.25, 0.3) is 0 Å². The van der Waals surface area contributed by atoms with Crippen molar-refractivity contribution < 1.29 is 36.2 Å². The van der Waals surface area contributed by atoms with E-state index in [1.165, 1.54) is 18.3 Å². The molecule has 11 nitrogen and oxygen atoms in total. The Labute approximate surface area is 314 Å². The first-order chi connectivity index (χ1) is 26.0. The van der Waals surface area contributed by atoms with Crippen LogP contribution in [-0.2, 0) is 15.7 Å². The number of hydrogen-bond acceptors (Lipinski definition) is 9. The number of carbonyl (C=O) groups is 1. The van der Waals surface area contributed by atoms with Gasteiger partial charge < -0.3 is 24.1 Å². The third-order valence-corrected chi connectivity index (χ3v) is 11.0. The summed E-state index contributed by atoms with van der Waals surface area (Å²) in [5, 5.41) is -0.506. The molecule has 288 valence electrons. The number of halogens is 6. The highest BCUT2D eigenvalue weighted by molar-refractivity contribution is 6.31. The zero-order valence-corrected chi connectivity index (χ0v) is 30.3. The molecule has 0 aliphatic carbocycles. The minimum atomic E-state index is -4.91. The molecule has 3 atom stereocenters. The SMILES string of the molecule is [C-]#[N+]C[C@H]1CN(c2nc(OC[C@@]34CCCN3C[C@H](F)C4)nc3c(F)c(-c4cccc(Cl)c4C(F)(F)F)ncc23)CCN1C(=O)/C=C/CN1CCCOCC1. The number of anilines is 1. The van der Waals surface area contributed by atoms with Gasteiger partial charge in [-0.1, -0.05) is 29.8 Å². The average Bonchev–Trinajstić information content (AvgIpc) is 3.53. The first-order valence-corrected chi connectivity index (χ1v) is 18.4. The van der Waals surface area contributed by atoms with Crippen LogP contribution < -0.4 is 9.64 Å². The highest BCUT2D eigenvalue weighted by Gasteiger charge is 2.49. The summed E-state index contributed by atoms with van der Waals surface area (Å²) in [5.74, 6) is -1.19. The molecule has 4 fully saturated rings. The Balaban J connectivity index is 1.22. The first kappa shape index (κ1) is 38.1. The number of ether oxygens (including phenoxy) is 2. The Morgan fingerprint density at radius 3 is 2.80 bits per heavy atom. The number of carbonyl (C=O) groups excluding carboxylic acids is 1. The molecule has 4 aliphatic heterocycles. The van der Waals surface area contributed by atoms with Crippen LogP contribution in [-0.4, -0.2) is 132 Å². The highest BCUT2D eigenvalue weighted by atomic mass is 35.5. The summed E-state index contributed by atoms with van der Waals surface area (Å²) in [5.41, 5.74) is -3.30. The molecule has 0 spiro atoms. The molecule has 0 unspecified atom stereocenters. The molecule has 0 bridgehead atoms. The second-order valence-electron chi connectivity index (χ2n) is 14.2. The van der Waals surface area contributed by atoms with Gasteiger partial charge in [0.1, 0.15) is 35.8 Å². The molecule has 6 heterocycles. The van der Waals surface area contributed by atoms with Crippen molar-refractivity contribution in [3.8, 4) is 17.3 Å². The van der Waals surface area contributed by atoms with Gasteiger partial charge in [-0.2, -0.15) is 23.1 Å². The van der Waals surface area contributed by atoms with Crippen LogP contribution >= 0.6 is 11.6 Å². The second kappa shape index (κ2) is 15.9. The number of hydrogen-bond donors (Lipinski definition) is 0. The van der Waals surface area contributed by atoms with E-state index in [4.69, 9.17) is 27.6 Å². The normalized spacial score (nSPS) is 24.2. The maximum atomic E-state index is 16.6. The van der Waals surface area contributed by atoms with Gasteiger partial charge in [0, 0.05) is 76.7 Å². The van der Waals surface area contributed by atoms with E-state index in [-0.39, 0.29) is 74.4 Å². The molecule has 0 radical (unpaired) electrons. The fraction of sp³-hybridized carbons (Fsp3) is 0.541. The fourth-order valence-corrected chi connectivity index (χ4v) is 8.43. The Hall–Kier alpha value is -4.17. The van der Waals surface area contributed by atoms with Crippen molar-refractivity contribution in [1.29, 1.82) is 0 Å². The van der Waals surface area contributed by atoms with Gasteiger partial charge in [-0.25, -0.2) is 15.4 Å². The predicted molar refractivity (Wildman–Crippen MR) is 191 cm³/mol. The average molecular weight is 775 g/mol. The highest BCUT2D eigenvalue weighted by Crippen LogP contribution is 2.43. The van der Waals surface area contributed by atoms with Crippen molar-refractivity contribution in [3.05, 3.63) is 64.4 Å². The maximum Gasteiger partial charge on any atom is 0.418 e. The van der Waals surface area contributed by atoms with Gasteiger partial charge >= 0.3 is 12.2 Å². The van der Waals surface area contributed by atoms with E-state index in [0.29, 0.717) is 32.7 Å². The number of piperazine rings is 1. The van der Waals surface area contributed by atoms with Crippen LogP contribution in [0.25, 0.3) is 27.0 Å². The van der Waals surface area contributed by atoms with E-state index in [1.807, 2.05) is 11.0 Å². The molecular weight excluding hydrogens is 735 g/mol. The molecule has 0 N–H and O–H groups in total. The van der Waals surface area contributed by atoms with Gasteiger partial charge in [0.2, 0.25) is 12.5 Å². The van der Waals surface area contributed by atoms with Crippen molar-refractivity contribution in [3.63, 3.8) is 0 Å². The van der Waals surface area contributed by atoms with Crippen LogP contribution in [0.2, 0.25) is 5.02 Å². The zero-order chi connectivity index (χ0) is 38.0. The molecule has 4 saturated heterocycles. The summed E-state index contributed by atoms with van der Waals surface area (Å²) in [6.45, 7) is 12.8. The Kier molecular flexibility index (Phi) is 11.2. The van der Waals surface area contributed by atoms with Crippen molar-refractivity contribution in [2.75, 3.05) is 83.6 Å². The summed E-state index contributed by atoms with van der Waals surface area (Å²) < 4.78 is 85.3. The topological polar surface area (TPSA) is 91.5 Å². The number of alkyl halides is 4. The van der Waals surface area contributed by atoms with Crippen LogP contribution in [0.5, 0.6) is 6.01 Å². The van der Waals surface area contributed by atoms with Crippen molar-refractivity contribution in [2.45, 2.75) is 49.6 Å². The lowest BCUT2D eigenvalue weighted by atomic mass is 9.95. The summed E-state index contributed by atoms with van der Waals surface area (Å²) in [6.07, 6.45) is 1.35. The molecule has 3 aromatic rings. The fourth-order valence-electron chi connectivity index (χ4n) is 8.15. The Morgan fingerprint density at radius 2 is 1.98 bits per heavy atom. The van der Waals surface area contributed by atoms with Crippen LogP contribution in [0, 0.1) is 12.4 Å². The summed E-state index contributed by atoms with van der Waals surface area (Å²) in [6, 6.07) is 2.65. The van der Waals surface area contributed by atoms with E-state index in [1.54, 1.807) is 9.80 Å². The van der Waals surface area contributed by atoms with Gasteiger partial charge in [-0.05, 0) is 31.9 Å². The standard InChI is InChI=1S/C37H40ClF5N8O3/c1-44-19-25-22-49(13-14-51(25)29(52)8-3-10-48-11-5-16-53-17-15-48)34-27-20-45-32(26-6-2-7-28(38)30(26)37(41,42)43)31(40)33(27)46-35(47-34)54-23-36-9-4-12-50(36)21-24(39)18-36/h2-3,6-8,20,24-25H,4-5,9-19,21-23H2/b8-3+/t24-,25+,36+/m1/s1. The Morgan fingerprint density at radius 1 is 1.13 bits per heavy atom. The number of aromatic nitrogens is 3. The van der Waals surface area contributed by atoms with Gasteiger partial charge in [0.05, 0.1) is 28.1 Å². The van der Waals surface area contributed by atoms with E-state index in [9.17, 15) is 22.4 Å². The maximum absolute atomic E-state index is 16.6. The number of nitrogens with zero attached hydrogens (tertiary/aromatic N) is 8. The van der Waals surface area contributed by atoms with Gasteiger partial charge in [-0.15, -0.1) is 0 Å². The van der Waals surface area contributed by atoms with E-state index >= 15 is 4.39 Å². The summed E-state index contributed by atoms with van der Waals surface area (Å²) >= 11 is 5.97. The summed E-state index contributed by atoms with van der Waals surface area (Å²) in [7, 11) is 0. The second-order valence-corrected chi connectivity index (χ2v) is 14.6. The number of benzene rings is 1. The summed E-state index contributed by atoms with van der Waals surface area (Å²) in [4.78, 5) is 37.8. The minimum Gasteiger partial charge on any atom is -0.461 e. The Bertz CT molecular complexity index is 1940.